The average Bonchev–Trinajstić information content (AvgIpc) is 2.64. The van der Waals surface area contributed by atoms with Crippen molar-refractivity contribution in [2.75, 3.05) is 23.7 Å². The van der Waals surface area contributed by atoms with Gasteiger partial charge in [0.1, 0.15) is 5.82 Å². The Morgan fingerprint density at radius 2 is 1.85 bits per heavy atom. The van der Waals surface area contributed by atoms with Gasteiger partial charge in [-0.15, -0.1) is 0 Å². The predicted molar refractivity (Wildman–Crippen MR) is 110 cm³/mol. The molecule has 3 rings (SSSR count). The van der Waals surface area contributed by atoms with E-state index in [9.17, 15) is 12.8 Å². The molecule has 2 N–H and O–H groups in total. The number of hydrogen-bond acceptors (Lipinski definition) is 3. The molecule has 1 saturated heterocycles. The molecule has 1 aliphatic heterocycles. The van der Waals surface area contributed by atoms with Crippen LogP contribution < -0.4 is 10.6 Å². The average molecular weight is 408 g/mol. The SMILES string of the molecule is C[C@@H]1CCCN(S(=O)(=O)c2ccc(NC(=S)Nc3ccccc3F)cc2)C1. The summed E-state index contributed by atoms with van der Waals surface area (Å²) >= 11 is 5.18. The molecule has 1 heterocycles. The first-order valence-electron chi connectivity index (χ1n) is 8.79. The Balaban J connectivity index is 1.66. The Bertz CT molecular complexity index is 917. The largest absolute Gasteiger partial charge is 0.332 e. The van der Waals surface area contributed by atoms with Crippen LogP contribution in [0.4, 0.5) is 15.8 Å². The van der Waals surface area contributed by atoms with Crippen LogP contribution in [-0.2, 0) is 10.0 Å². The molecule has 1 aliphatic rings. The molecule has 0 aliphatic carbocycles. The first-order valence-corrected chi connectivity index (χ1v) is 10.6. The highest BCUT2D eigenvalue weighted by molar-refractivity contribution is 7.89. The number of benzene rings is 2. The summed E-state index contributed by atoms with van der Waals surface area (Å²) in [6.45, 7) is 3.18. The number of halogens is 1. The highest BCUT2D eigenvalue weighted by atomic mass is 32.2. The zero-order chi connectivity index (χ0) is 19.4. The lowest BCUT2D eigenvalue weighted by Gasteiger charge is -2.30. The second-order valence-corrected chi connectivity index (χ2v) is 9.04. The highest BCUT2D eigenvalue weighted by Gasteiger charge is 2.28. The molecule has 0 amide bonds. The minimum atomic E-state index is -3.49. The summed E-state index contributed by atoms with van der Waals surface area (Å²) in [7, 11) is -3.49. The fraction of sp³-hybridized carbons (Fsp3) is 0.316. The lowest BCUT2D eigenvalue weighted by molar-refractivity contribution is 0.281. The van der Waals surface area contributed by atoms with Gasteiger partial charge in [-0.1, -0.05) is 19.1 Å². The number of hydrogen-bond donors (Lipinski definition) is 2. The van der Waals surface area contributed by atoms with Crippen LogP contribution in [0, 0.1) is 11.7 Å². The summed E-state index contributed by atoms with van der Waals surface area (Å²) in [6, 6.07) is 12.6. The van der Waals surface area contributed by atoms with E-state index in [4.69, 9.17) is 12.2 Å². The quantitative estimate of drug-likeness (QED) is 0.749. The number of anilines is 2. The summed E-state index contributed by atoms with van der Waals surface area (Å²) in [5, 5.41) is 5.93. The second kappa shape index (κ2) is 8.33. The monoisotopic (exact) mass is 407 g/mol. The van der Waals surface area contributed by atoms with Crippen LogP contribution in [0.2, 0.25) is 0 Å². The van der Waals surface area contributed by atoms with Gasteiger partial charge in [0, 0.05) is 18.8 Å². The standard InChI is InChI=1S/C19H22FN3O2S2/c1-14-5-4-12-23(13-14)27(24,25)16-10-8-15(9-11-16)21-19(26)22-18-7-3-2-6-17(18)20/h2-3,6-11,14H,4-5,12-13H2,1H3,(H2,21,22,26)/t14-/m1/s1. The summed E-state index contributed by atoms with van der Waals surface area (Å²) < 4.78 is 40.7. The zero-order valence-corrected chi connectivity index (χ0v) is 16.6. The number of nitrogens with zero attached hydrogens (tertiary/aromatic N) is 1. The molecule has 1 fully saturated rings. The maximum absolute atomic E-state index is 13.7. The van der Waals surface area contributed by atoms with Crippen molar-refractivity contribution in [2.24, 2.45) is 5.92 Å². The Hall–Kier alpha value is -2.03. The van der Waals surface area contributed by atoms with Crippen LogP contribution in [0.3, 0.4) is 0 Å². The van der Waals surface area contributed by atoms with E-state index in [1.165, 1.54) is 6.07 Å². The molecule has 144 valence electrons. The number of nitrogens with one attached hydrogen (secondary N) is 2. The molecule has 0 spiro atoms. The maximum Gasteiger partial charge on any atom is 0.243 e. The van der Waals surface area contributed by atoms with Crippen LogP contribution in [0.15, 0.2) is 53.4 Å². The predicted octanol–water partition coefficient (Wildman–Crippen LogP) is 4.06. The molecule has 1 atom stereocenters. The maximum atomic E-state index is 13.7. The molecule has 5 nitrogen and oxygen atoms in total. The van der Waals surface area contributed by atoms with Crippen LogP contribution in [0.5, 0.6) is 0 Å². The fourth-order valence-electron chi connectivity index (χ4n) is 3.07. The van der Waals surface area contributed by atoms with Gasteiger partial charge >= 0.3 is 0 Å². The zero-order valence-electron chi connectivity index (χ0n) is 15.0. The Kier molecular flexibility index (Phi) is 6.08. The van der Waals surface area contributed by atoms with Gasteiger partial charge < -0.3 is 10.6 Å². The first-order chi connectivity index (χ1) is 12.9. The van der Waals surface area contributed by atoms with Crippen molar-refractivity contribution in [3.8, 4) is 0 Å². The Morgan fingerprint density at radius 1 is 1.15 bits per heavy atom. The van der Waals surface area contributed by atoms with E-state index in [0.29, 0.717) is 24.7 Å². The number of thiocarbonyl (C=S) groups is 1. The van der Waals surface area contributed by atoms with Crippen molar-refractivity contribution in [3.63, 3.8) is 0 Å². The van der Waals surface area contributed by atoms with E-state index >= 15 is 0 Å². The molecule has 0 aromatic heterocycles. The number of sulfonamides is 1. The summed E-state index contributed by atoms with van der Waals surface area (Å²) in [5.74, 6) is -0.0323. The van der Waals surface area contributed by atoms with Crippen molar-refractivity contribution in [1.29, 1.82) is 0 Å². The van der Waals surface area contributed by atoms with Gasteiger partial charge in [-0.25, -0.2) is 12.8 Å². The molecular weight excluding hydrogens is 385 g/mol. The molecule has 2 aromatic rings. The van der Waals surface area contributed by atoms with Gasteiger partial charge in [0.25, 0.3) is 0 Å². The topological polar surface area (TPSA) is 61.4 Å². The lowest BCUT2D eigenvalue weighted by Crippen LogP contribution is -2.39. The van der Waals surface area contributed by atoms with Crippen molar-refractivity contribution in [3.05, 3.63) is 54.3 Å². The normalized spacial score (nSPS) is 18.1. The van der Waals surface area contributed by atoms with E-state index in [1.807, 2.05) is 0 Å². The molecule has 27 heavy (non-hydrogen) atoms. The molecule has 0 unspecified atom stereocenters. The molecule has 0 bridgehead atoms. The van der Waals surface area contributed by atoms with E-state index in [0.717, 1.165) is 12.8 Å². The molecule has 2 aromatic carbocycles. The first kappa shape index (κ1) is 19.7. The third-order valence-corrected chi connectivity index (χ3v) is 6.58. The van der Waals surface area contributed by atoms with Gasteiger partial charge in [-0.2, -0.15) is 4.31 Å². The summed E-state index contributed by atoms with van der Waals surface area (Å²) in [6.07, 6.45) is 1.94. The third kappa shape index (κ3) is 4.82. The fourth-order valence-corrected chi connectivity index (χ4v) is 4.90. The van der Waals surface area contributed by atoms with Crippen LogP contribution in [0.1, 0.15) is 19.8 Å². The van der Waals surface area contributed by atoms with Crippen molar-refractivity contribution < 1.29 is 12.8 Å². The van der Waals surface area contributed by atoms with Crippen LogP contribution in [0.25, 0.3) is 0 Å². The van der Waals surface area contributed by atoms with Crippen molar-refractivity contribution in [2.45, 2.75) is 24.7 Å². The van der Waals surface area contributed by atoms with E-state index in [-0.39, 0.29) is 15.7 Å². The smallest absolute Gasteiger partial charge is 0.243 e. The Morgan fingerprint density at radius 3 is 2.52 bits per heavy atom. The lowest BCUT2D eigenvalue weighted by atomic mass is 10.0. The third-order valence-electron chi connectivity index (χ3n) is 4.49. The van der Waals surface area contributed by atoms with Gasteiger partial charge in [-0.3, -0.25) is 0 Å². The van der Waals surface area contributed by atoms with Crippen LogP contribution in [-0.4, -0.2) is 30.9 Å². The molecule has 8 heteroatoms. The van der Waals surface area contributed by atoms with Crippen molar-refractivity contribution >= 4 is 38.7 Å². The molecule has 0 radical (unpaired) electrons. The minimum Gasteiger partial charge on any atom is -0.332 e. The highest BCUT2D eigenvalue weighted by Crippen LogP contribution is 2.24. The molecular formula is C19H22FN3O2S2. The minimum absolute atomic E-state index is 0.223. The second-order valence-electron chi connectivity index (χ2n) is 6.69. The summed E-state index contributed by atoms with van der Waals surface area (Å²) in [5.41, 5.74) is 0.892. The number of rotatable bonds is 4. The van der Waals surface area contributed by atoms with Gasteiger partial charge in [0.15, 0.2) is 5.11 Å². The molecule has 0 saturated carbocycles. The van der Waals surface area contributed by atoms with Gasteiger partial charge in [-0.05, 0) is 67.4 Å². The Labute approximate surface area is 164 Å². The summed E-state index contributed by atoms with van der Waals surface area (Å²) in [4.78, 5) is 0.259. The number of para-hydroxylation sites is 1. The van der Waals surface area contributed by atoms with Gasteiger partial charge in [0.2, 0.25) is 10.0 Å². The van der Waals surface area contributed by atoms with E-state index < -0.39 is 15.8 Å². The number of piperidine rings is 1. The van der Waals surface area contributed by atoms with Gasteiger partial charge in [0.05, 0.1) is 10.6 Å². The van der Waals surface area contributed by atoms with Crippen LogP contribution >= 0.6 is 12.2 Å². The van der Waals surface area contributed by atoms with E-state index in [2.05, 4.69) is 17.6 Å². The van der Waals surface area contributed by atoms with Crippen molar-refractivity contribution in [1.82, 2.24) is 4.31 Å². The van der Waals surface area contributed by atoms with E-state index in [1.54, 1.807) is 46.8 Å².